The number of rotatable bonds is 8. The van der Waals surface area contributed by atoms with E-state index in [9.17, 15) is 13.2 Å². The van der Waals surface area contributed by atoms with Crippen molar-refractivity contribution in [2.75, 3.05) is 10.8 Å². The fourth-order valence-corrected chi connectivity index (χ4v) is 5.08. The second kappa shape index (κ2) is 10.2. The summed E-state index contributed by atoms with van der Waals surface area (Å²) in [6.07, 6.45) is 0.937. The maximum Gasteiger partial charge on any atom is 0.264 e. The van der Waals surface area contributed by atoms with Crippen LogP contribution in [0.4, 0.5) is 5.69 Å². The van der Waals surface area contributed by atoms with Crippen molar-refractivity contribution in [3.63, 3.8) is 0 Å². The largest absolute Gasteiger partial charge is 0.348 e. The van der Waals surface area contributed by atoms with Gasteiger partial charge in [-0.15, -0.1) is 0 Å². The van der Waals surface area contributed by atoms with Crippen molar-refractivity contribution < 1.29 is 13.2 Å². The molecule has 1 N–H and O–H groups in total. The molecule has 0 radical (unpaired) electrons. The minimum atomic E-state index is -3.98. The zero-order valence-corrected chi connectivity index (χ0v) is 20.0. The molecule has 0 aliphatic rings. The lowest BCUT2D eigenvalue weighted by atomic mass is 10.1. The highest BCUT2D eigenvalue weighted by atomic mass is 35.5. The van der Waals surface area contributed by atoms with Gasteiger partial charge in [0.15, 0.2) is 0 Å². The van der Waals surface area contributed by atoms with Gasteiger partial charge in [0, 0.05) is 5.02 Å². The van der Waals surface area contributed by atoms with Crippen LogP contribution >= 0.6 is 11.6 Å². The highest BCUT2D eigenvalue weighted by Gasteiger charge is 2.28. The molecule has 168 valence electrons. The number of amides is 1. The summed E-state index contributed by atoms with van der Waals surface area (Å²) in [5, 5.41) is 3.31. The molecule has 0 saturated heterocycles. The minimum Gasteiger partial charge on any atom is -0.348 e. The molecule has 1 atom stereocenters. The average Bonchev–Trinajstić information content (AvgIpc) is 2.79. The van der Waals surface area contributed by atoms with Gasteiger partial charge in [0.25, 0.3) is 10.0 Å². The summed E-state index contributed by atoms with van der Waals surface area (Å²) in [4.78, 5) is 13.1. The van der Waals surface area contributed by atoms with Gasteiger partial charge in [0.1, 0.15) is 6.54 Å². The number of benzene rings is 3. The number of halogens is 1. The molecule has 0 aliphatic heterocycles. The van der Waals surface area contributed by atoms with E-state index < -0.39 is 15.9 Å². The topological polar surface area (TPSA) is 66.5 Å². The van der Waals surface area contributed by atoms with Crippen LogP contribution in [0.2, 0.25) is 5.02 Å². The van der Waals surface area contributed by atoms with E-state index in [1.165, 1.54) is 17.7 Å². The van der Waals surface area contributed by atoms with Crippen LogP contribution in [0, 0.1) is 6.92 Å². The summed E-state index contributed by atoms with van der Waals surface area (Å²) in [5.74, 6) is -0.407. The van der Waals surface area contributed by atoms with E-state index >= 15 is 0 Å². The van der Waals surface area contributed by atoms with Crippen molar-refractivity contribution >= 4 is 33.2 Å². The summed E-state index contributed by atoms with van der Waals surface area (Å²) < 4.78 is 28.0. The molecule has 3 rings (SSSR count). The number of hydrogen-bond donors (Lipinski definition) is 1. The highest BCUT2D eigenvalue weighted by molar-refractivity contribution is 7.92. The molecular formula is C25H27ClN2O3S. The fraction of sp³-hybridized carbons (Fsp3) is 0.240. The Morgan fingerprint density at radius 2 is 1.69 bits per heavy atom. The van der Waals surface area contributed by atoms with Gasteiger partial charge in [-0.1, -0.05) is 67.1 Å². The van der Waals surface area contributed by atoms with Crippen molar-refractivity contribution in [1.82, 2.24) is 5.32 Å². The lowest BCUT2D eigenvalue weighted by molar-refractivity contribution is -0.120. The van der Waals surface area contributed by atoms with Crippen LogP contribution < -0.4 is 9.62 Å². The first-order valence-electron chi connectivity index (χ1n) is 10.4. The lowest BCUT2D eigenvalue weighted by Gasteiger charge is -2.26. The highest BCUT2D eigenvalue weighted by Crippen LogP contribution is 2.29. The van der Waals surface area contributed by atoms with Crippen LogP contribution in [0.25, 0.3) is 0 Å². The van der Waals surface area contributed by atoms with Crippen LogP contribution in [0.5, 0.6) is 0 Å². The van der Waals surface area contributed by atoms with Gasteiger partial charge >= 0.3 is 0 Å². The standard InChI is InChI=1S/C25H27ClN2O3S/c1-4-20-11-13-21(14-12-20)19(3)27-25(29)17-28(24-16-22(26)15-10-18(24)2)32(30,31)23-8-6-5-7-9-23/h5-16,19H,4,17H2,1-3H3,(H,27,29)/t19-/m0/s1. The Morgan fingerprint density at radius 3 is 2.31 bits per heavy atom. The number of hydrogen-bond acceptors (Lipinski definition) is 3. The summed E-state index contributed by atoms with van der Waals surface area (Å²) >= 11 is 6.16. The molecule has 0 unspecified atom stereocenters. The molecule has 3 aromatic carbocycles. The second-order valence-corrected chi connectivity index (χ2v) is 9.94. The minimum absolute atomic E-state index is 0.107. The third-order valence-corrected chi connectivity index (χ3v) is 7.33. The van der Waals surface area contributed by atoms with E-state index in [-0.39, 0.29) is 17.5 Å². The molecule has 0 bridgehead atoms. The fourth-order valence-electron chi connectivity index (χ4n) is 3.41. The van der Waals surface area contributed by atoms with E-state index in [0.717, 1.165) is 16.3 Å². The van der Waals surface area contributed by atoms with Gasteiger partial charge in [-0.2, -0.15) is 0 Å². The molecule has 32 heavy (non-hydrogen) atoms. The molecule has 0 heterocycles. The van der Waals surface area contributed by atoms with Gasteiger partial charge in [-0.25, -0.2) is 8.42 Å². The molecular weight excluding hydrogens is 444 g/mol. The smallest absolute Gasteiger partial charge is 0.264 e. The van der Waals surface area contributed by atoms with E-state index in [1.807, 2.05) is 31.2 Å². The van der Waals surface area contributed by atoms with E-state index in [4.69, 9.17) is 11.6 Å². The SMILES string of the molecule is CCc1ccc([C@H](C)NC(=O)CN(c2cc(Cl)ccc2C)S(=O)(=O)c2ccccc2)cc1. The van der Waals surface area contributed by atoms with Gasteiger partial charge in [0.2, 0.25) is 5.91 Å². The van der Waals surface area contributed by atoms with Gasteiger partial charge in [0.05, 0.1) is 16.6 Å². The number of carbonyl (C=O) groups excluding carboxylic acids is 1. The van der Waals surface area contributed by atoms with Crippen molar-refractivity contribution in [2.45, 2.75) is 38.1 Å². The summed E-state index contributed by atoms with van der Waals surface area (Å²) in [6.45, 7) is 5.38. The number of nitrogens with zero attached hydrogens (tertiary/aromatic N) is 1. The van der Waals surface area contributed by atoms with Crippen LogP contribution in [-0.4, -0.2) is 20.9 Å². The molecule has 1 amide bonds. The third-order valence-electron chi connectivity index (χ3n) is 5.32. The van der Waals surface area contributed by atoms with Crippen LogP contribution in [0.15, 0.2) is 77.7 Å². The summed E-state index contributed by atoms with van der Waals surface area (Å²) in [6, 6.07) is 20.8. The van der Waals surface area contributed by atoms with Gasteiger partial charge in [-0.05, 0) is 61.2 Å². The number of aryl methyl sites for hydroxylation is 2. The van der Waals surface area contributed by atoms with Crippen molar-refractivity contribution in [1.29, 1.82) is 0 Å². The molecule has 7 heteroatoms. The normalized spacial score (nSPS) is 12.2. The number of sulfonamides is 1. The van der Waals surface area contributed by atoms with E-state index in [2.05, 4.69) is 12.2 Å². The average molecular weight is 471 g/mol. The van der Waals surface area contributed by atoms with Crippen molar-refractivity contribution in [3.05, 3.63) is 94.5 Å². The summed E-state index contributed by atoms with van der Waals surface area (Å²) in [5.41, 5.74) is 3.23. The number of anilines is 1. The summed E-state index contributed by atoms with van der Waals surface area (Å²) in [7, 11) is -3.98. The first-order chi connectivity index (χ1) is 15.2. The number of nitrogens with one attached hydrogen (secondary N) is 1. The Bertz CT molecular complexity index is 1180. The quantitative estimate of drug-likeness (QED) is 0.486. The third kappa shape index (κ3) is 5.50. The zero-order chi connectivity index (χ0) is 23.3. The molecule has 0 aliphatic carbocycles. The molecule has 0 spiro atoms. The Morgan fingerprint density at radius 1 is 1.03 bits per heavy atom. The van der Waals surface area contributed by atoms with E-state index in [1.54, 1.807) is 43.3 Å². The van der Waals surface area contributed by atoms with E-state index in [0.29, 0.717) is 16.3 Å². The monoisotopic (exact) mass is 470 g/mol. The van der Waals surface area contributed by atoms with Crippen molar-refractivity contribution in [3.8, 4) is 0 Å². The van der Waals surface area contributed by atoms with Crippen LogP contribution in [0.3, 0.4) is 0 Å². The lowest BCUT2D eigenvalue weighted by Crippen LogP contribution is -2.41. The Hall–Kier alpha value is -2.83. The van der Waals surface area contributed by atoms with Gasteiger partial charge < -0.3 is 5.32 Å². The molecule has 0 saturated carbocycles. The zero-order valence-electron chi connectivity index (χ0n) is 18.4. The maximum absolute atomic E-state index is 13.5. The predicted octanol–water partition coefficient (Wildman–Crippen LogP) is 5.28. The van der Waals surface area contributed by atoms with Crippen LogP contribution in [0.1, 0.15) is 36.6 Å². The van der Waals surface area contributed by atoms with Gasteiger partial charge in [-0.3, -0.25) is 9.10 Å². The first-order valence-corrected chi connectivity index (χ1v) is 12.3. The molecule has 5 nitrogen and oxygen atoms in total. The molecule has 3 aromatic rings. The molecule has 0 fully saturated rings. The van der Waals surface area contributed by atoms with Crippen molar-refractivity contribution in [2.24, 2.45) is 0 Å². The maximum atomic E-state index is 13.5. The number of carbonyl (C=O) groups is 1. The predicted molar refractivity (Wildman–Crippen MR) is 130 cm³/mol. The Labute approximate surface area is 195 Å². The Balaban J connectivity index is 1.90. The van der Waals surface area contributed by atoms with Crippen LogP contribution in [-0.2, 0) is 21.2 Å². The second-order valence-electron chi connectivity index (χ2n) is 7.64. The molecule has 0 aromatic heterocycles. The Kier molecular flexibility index (Phi) is 7.59. The first kappa shape index (κ1) is 23.8.